The van der Waals surface area contributed by atoms with Gasteiger partial charge in [-0.15, -0.1) is 0 Å². The van der Waals surface area contributed by atoms with Gasteiger partial charge in [-0.05, 0) is 29.5 Å². The van der Waals surface area contributed by atoms with Gasteiger partial charge in [0.15, 0.2) is 0 Å². The Morgan fingerprint density at radius 1 is 1.00 bits per heavy atom. The van der Waals surface area contributed by atoms with Crippen molar-refractivity contribution in [1.82, 2.24) is 0 Å². The predicted octanol–water partition coefficient (Wildman–Crippen LogP) is 3.45. The number of alkyl halides is 2. The summed E-state index contributed by atoms with van der Waals surface area (Å²) in [6, 6.07) is 11.0. The normalized spacial score (nSPS) is 25.4. The van der Waals surface area contributed by atoms with Crippen LogP contribution in [0.1, 0.15) is 0 Å². The van der Waals surface area contributed by atoms with E-state index in [1.807, 2.05) is 0 Å². The quantitative estimate of drug-likeness (QED) is 0.440. The van der Waals surface area contributed by atoms with Crippen LogP contribution in [-0.2, 0) is 0 Å². The summed E-state index contributed by atoms with van der Waals surface area (Å²) < 4.78 is 0. The molecule has 0 unspecified atom stereocenters. The van der Waals surface area contributed by atoms with Gasteiger partial charge >= 0.3 is 0 Å². The zero-order valence-corrected chi connectivity index (χ0v) is 13.2. The Morgan fingerprint density at radius 3 is 1.94 bits per heavy atom. The van der Waals surface area contributed by atoms with Gasteiger partial charge in [0.05, 0.1) is 0 Å². The van der Waals surface area contributed by atoms with Gasteiger partial charge in [0, 0.05) is 19.1 Å². The Labute approximate surface area is 118 Å². The van der Waals surface area contributed by atoms with E-state index in [1.165, 1.54) is 12.3 Å². The Balaban J connectivity index is 0.00000128. The van der Waals surface area contributed by atoms with Crippen molar-refractivity contribution in [2.45, 2.75) is 0 Å². The molecule has 2 rings (SSSR count). The minimum absolute atomic E-state index is 0. The summed E-state index contributed by atoms with van der Waals surface area (Å²) in [7, 11) is 0.109. The third kappa shape index (κ3) is 3.34. The molecule has 16 heavy (non-hydrogen) atoms. The summed E-state index contributed by atoms with van der Waals surface area (Å²) in [5.74, 6) is 1.74. The zero-order valence-electron chi connectivity index (χ0n) is 9.15. The highest BCUT2D eigenvalue weighted by atomic mass is 79.9. The molecule has 0 spiro atoms. The van der Waals surface area contributed by atoms with E-state index in [1.54, 1.807) is 5.30 Å². The van der Waals surface area contributed by atoms with Gasteiger partial charge in [0.25, 0.3) is 0 Å². The molecule has 3 radical (unpaired) electrons. The van der Waals surface area contributed by atoms with Gasteiger partial charge in [0.1, 0.15) is 0 Å². The standard InChI is InChI=1S/C12H15Br2P.B/c13-6-10-8-15(9-11(10)7-14)12-4-2-1-3-5-12;/h1-5,10-11H,6-9H2;/t10-,11-;/m0./s1. The highest BCUT2D eigenvalue weighted by Gasteiger charge is 2.32. The summed E-state index contributed by atoms with van der Waals surface area (Å²) in [5, 5.41) is 3.91. The van der Waals surface area contributed by atoms with Crippen LogP contribution in [-0.4, -0.2) is 31.4 Å². The third-order valence-electron chi connectivity index (χ3n) is 3.09. The SMILES string of the molecule is BrC[C@H]1CP(c2ccccc2)C[C@@H]1CBr.[B]. The monoisotopic (exact) mass is 359 g/mol. The van der Waals surface area contributed by atoms with E-state index in [4.69, 9.17) is 0 Å². The number of benzene rings is 1. The van der Waals surface area contributed by atoms with E-state index in [2.05, 4.69) is 62.2 Å². The Kier molecular flexibility index (Phi) is 6.62. The largest absolute Gasteiger partial charge is 0.0925 e. The maximum Gasteiger partial charge on any atom is 0.00662 e. The molecule has 0 bridgehead atoms. The molecule has 0 aliphatic carbocycles. The van der Waals surface area contributed by atoms with Gasteiger partial charge in [-0.2, -0.15) is 0 Å². The first-order valence-electron chi connectivity index (χ1n) is 5.27. The molecular formula is C12H15BBr2P. The summed E-state index contributed by atoms with van der Waals surface area (Å²) >= 11 is 7.29. The first-order valence-corrected chi connectivity index (χ1v) is 9.22. The molecule has 0 N–H and O–H groups in total. The van der Waals surface area contributed by atoms with Gasteiger partial charge in [-0.3, -0.25) is 0 Å². The molecule has 1 fully saturated rings. The van der Waals surface area contributed by atoms with Crippen molar-refractivity contribution < 1.29 is 0 Å². The van der Waals surface area contributed by atoms with E-state index in [0.29, 0.717) is 0 Å². The summed E-state index contributed by atoms with van der Waals surface area (Å²) in [6.45, 7) is 0. The zero-order chi connectivity index (χ0) is 10.7. The molecule has 2 atom stereocenters. The second kappa shape index (κ2) is 7.19. The highest BCUT2D eigenvalue weighted by Crippen LogP contribution is 2.49. The number of hydrogen-bond donors (Lipinski definition) is 0. The molecular weight excluding hydrogens is 346 g/mol. The van der Waals surface area contributed by atoms with Crippen LogP contribution in [0.3, 0.4) is 0 Å². The molecule has 1 heterocycles. The van der Waals surface area contributed by atoms with Crippen molar-refractivity contribution in [3.05, 3.63) is 30.3 Å². The Morgan fingerprint density at radius 2 is 1.50 bits per heavy atom. The minimum atomic E-state index is 0. The first-order chi connectivity index (χ1) is 7.35. The number of halogens is 2. The minimum Gasteiger partial charge on any atom is -0.0925 e. The van der Waals surface area contributed by atoms with Crippen LogP contribution >= 0.6 is 39.8 Å². The van der Waals surface area contributed by atoms with Crippen LogP contribution in [0.4, 0.5) is 0 Å². The fourth-order valence-corrected chi connectivity index (χ4v) is 7.51. The average molecular weight is 361 g/mol. The highest BCUT2D eigenvalue weighted by molar-refractivity contribution is 9.09. The Bertz CT molecular complexity index is 295. The van der Waals surface area contributed by atoms with Crippen LogP contribution in [0.5, 0.6) is 0 Å². The molecule has 1 aromatic carbocycles. The van der Waals surface area contributed by atoms with Crippen molar-refractivity contribution in [1.29, 1.82) is 0 Å². The van der Waals surface area contributed by atoms with Crippen molar-refractivity contribution >= 4 is 53.5 Å². The average Bonchev–Trinajstić information content (AvgIpc) is 2.73. The predicted molar refractivity (Wildman–Crippen MR) is 83.1 cm³/mol. The third-order valence-corrected chi connectivity index (χ3v) is 7.61. The molecule has 0 nitrogen and oxygen atoms in total. The van der Waals surface area contributed by atoms with Gasteiger partial charge in [-0.1, -0.05) is 70.1 Å². The van der Waals surface area contributed by atoms with Gasteiger partial charge in [0.2, 0.25) is 0 Å². The van der Waals surface area contributed by atoms with E-state index >= 15 is 0 Å². The van der Waals surface area contributed by atoms with Crippen LogP contribution in [0.15, 0.2) is 30.3 Å². The van der Waals surface area contributed by atoms with Crippen molar-refractivity contribution in [2.75, 3.05) is 23.0 Å². The molecule has 0 aromatic heterocycles. The van der Waals surface area contributed by atoms with Gasteiger partial charge in [-0.25, -0.2) is 0 Å². The lowest BCUT2D eigenvalue weighted by atomic mass is 10.0. The first kappa shape index (κ1) is 14.7. The topological polar surface area (TPSA) is 0 Å². The van der Waals surface area contributed by atoms with Crippen molar-refractivity contribution in [3.63, 3.8) is 0 Å². The van der Waals surface area contributed by atoms with Crippen molar-refractivity contribution in [3.8, 4) is 0 Å². The van der Waals surface area contributed by atoms with Crippen LogP contribution in [0.25, 0.3) is 0 Å². The number of rotatable bonds is 3. The Hall–Kier alpha value is 0.675. The maximum absolute atomic E-state index is 3.65. The number of hydrogen-bond acceptors (Lipinski definition) is 0. The fraction of sp³-hybridized carbons (Fsp3) is 0.500. The maximum atomic E-state index is 3.65. The van der Waals surface area contributed by atoms with Crippen molar-refractivity contribution in [2.24, 2.45) is 11.8 Å². The second-order valence-corrected chi connectivity index (χ2v) is 7.69. The molecule has 1 aliphatic heterocycles. The van der Waals surface area contributed by atoms with E-state index in [0.717, 1.165) is 22.5 Å². The lowest BCUT2D eigenvalue weighted by Crippen LogP contribution is -2.14. The summed E-state index contributed by atoms with van der Waals surface area (Å²) in [6.07, 6.45) is 2.81. The van der Waals surface area contributed by atoms with Gasteiger partial charge < -0.3 is 0 Å². The van der Waals surface area contributed by atoms with Crippen LogP contribution < -0.4 is 5.30 Å². The molecule has 0 saturated carbocycles. The van der Waals surface area contributed by atoms with E-state index in [-0.39, 0.29) is 16.3 Å². The van der Waals surface area contributed by atoms with E-state index in [9.17, 15) is 0 Å². The molecule has 0 amide bonds. The summed E-state index contributed by atoms with van der Waals surface area (Å²) in [5.41, 5.74) is 0. The molecule has 1 saturated heterocycles. The lowest BCUT2D eigenvalue weighted by Gasteiger charge is -2.11. The van der Waals surface area contributed by atoms with Crippen LogP contribution in [0.2, 0.25) is 0 Å². The molecule has 1 aromatic rings. The van der Waals surface area contributed by atoms with Crippen LogP contribution in [0, 0.1) is 11.8 Å². The molecule has 4 heteroatoms. The fourth-order valence-electron chi connectivity index (χ4n) is 2.14. The lowest BCUT2D eigenvalue weighted by molar-refractivity contribution is 0.516. The molecule has 1 aliphatic rings. The van der Waals surface area contributed by atoms with E-state index < -0.39 is 0 Å². The summed E-state index contributed by atoms with van der Waals surface area (Å²) in [4.78, 5) is 0. The smallest absolute Gasteiger partial charge is 0.00662 e. The second-order valence-electron chi connectivity index (χ2n) is 4.07. The molecule has 85 valence electrons.